The van der Waals surface area contributed by atoms with Gasteiger partial charge in [0, 0.05) is 12.4 Å². The molecular formula is C18H19N2O5-. The maximum atomic E-state index is 11.9. The van der Waals surface area contributed by atoms with E-state index in [2.05, 4.69) is 10.9 Å². The van der Waals surface area contributed by atoms with Crippen LogP contribution in [-0.4, -0.2) is 23.9 Å². The van der Waals surface area contributed by atoms with Gasteiger partial charge in [-0.3, -0.25) is 20.4 Å². The molecule has 0 radical (unpaired) electrons. The van der Waals surface area contributed by atoms with Crippen molar-refractivity contribution in [2.45, 2.75) is 32.3 Å². The monoisotopic (exact) mass is 343 g/mol. The highest BCUT2D eigenvalue weighted by atomic mass is 16.5. The van der Waals surface area contributed by atoms with Gasteiger partial charge in [-0.1, -0.05) is 30.3 Å². The van der Waals surface area contributed by atoms with Crippen LogP contribution in [0.3, 0.4) is 0 Å². The molecule has 2 N–H and O–H groups in total. The molecule has 2 amide bonds. The smallest absolute Gasteiger partial charge is 0.279 e. The van der Waals surface area contributed by atoms with Crippen LogP contribution in [0, 0.1) is 0 Å². The van der Waals surface area contributed by atoms with Gasteiger partial charge in [-0.25, -0.2) is 0 Å². The van der Waals surface area contributed by atoms with Crippen LogP contribution in [-0.2, 0) is 14.4 Å². The maximum absolute atomic E-state index is 11.9. The van der Waals surface area contributed by atoms with Crippen LogP contribution in [0.5, 0.6) is 5.75 Å². The van der Waals surface area contributed by atoms with Gasteiger partial charge in [0.1, 0.15) is 5.75 Å². The summed E-state index contributed by atoms with van der Waals surface area (Å²) < 4.78 is 5.58. The third-order valence-corrected chi connectivity index (χ3v) is 3.51. The molecule has 7 heteroatoms. The number of rotatable bonds is 7. The van der Waals surface area contributed by atoms with E-state index >= 15 is 0 Å². The van der Waals surface area contributed by atoms with E-state index in [1.807, 2.05) is 36.4 Å². The van der Waals surface area contributed by atoms with Crippen molar-refractivity contribution >= 4 is 28.6 Å². The first-order chi connectivity index (χ1) is 12.0. The molecule has 0 heterocycles. The predicted octanol–water partition coefficient (Wildman–Crippen LogP) is 0.675. The van der Waals surface area contributed by atoms with Crippen molar-refractivity contribution in [1.29, 1.82) is 0 Å². The van der Waals surface area contributed by atoms with E-state index in [1.165, 1.54) is 0 Å². The van der Waals surface area contributed by atoms with E-state index in [0.29, 0.717) is 5.75 Å². The first-order valence-corrected chi connectivity index (χ1v) is 7.89. The standard InChI is InChI=1S/C18H20N2O5/c1-12(18(24)20-19-16(21)7-4-8-17(22)23)25-15-10-9-13-5-2-3-6-14(13)11-15/h2-3,5-6,9-12H,4,7-8H2,1H3,(H,19,21)(H,20,24)(H,22,23)/p-1/t12-/m0/s1. The van der Waals surface area contributed by atoms with E-state index in [-0.39, 0.29) is 19.3 Å². The van der Waals surface area contributed by atoms with Crippen LogP contribution >= 0.6 is 0 Å². The molecule has 7 nitrogen and oxygen atoms in total. The Balaban J connectivity index is 1.80. The fourth-order valence-corrected chi connectivity index (χ4v) is 2.19. The van der Waals surface area contributed by atoms with Crippen molar-refractivity contribution in [2.24, 2.45) is 0 Å². The van der Waals surface area contributed by atoms with Crippen molar-refractivity contribution in [3.63, 3.8) is 0 Å². The molecule has 1 atom stereocenters. The Morgan fingerprint density at radius 1 is 1.04 bits per heavy atom. The Hall–Kier alpha value is -3.09. The van der Waals surface area contributed by atoms with E-state index in [9.17, 15) is 19.5 Å². The lowest BCUT2D eigenvalue weighted by Gasteiger charge is -2.15. The minimum absolute atomic E-state index is 0.0197. The van der Waals surface area contributed by atoms with Crippen LogP contribution in [0.4, 0.5) is 0 Å². The van der Waals surface area contributed by atoms with E-state index in [0.717, 1.165) is 10.8 Å². The molecule has 0 aliphatic rings. The molecule has 0 aliphatic carbocycles. The number of carbonyl (C=O) groups is 3. The molecule has 2 aromatic carbocycles. The zero-order valence-corrected chi connectivity index (χ0v) is 13.8. The molecule has 0 fully saturated rings. The molecule has 0 aliphatic heterocycles. The summed E-state index contributed by atoms with van der Waals surface area (Å²) in [5, 5.41) is 12.3. The molecule has 0 spiro atoms. The van der Waals surface area contributed by atoms with Crippen molar-refractivity contribution in [1.82, 2.24) is 10.9 Å². The zero-order chi connectivity index (χ0) is 18.2. The van der Waals surface area contributed by atoms with E-state index in [4.69, 9.17) is 4.74 Å². The largest absolute Gasteiger partial charge is 0.550 e. The summed E-state index contributed by atoms with van der Waals surface area (Å²) in [6, 6.07) is 13.3. The molecule has 0 unspecified atom stereocenters. The normalized spacial score (nSPS) is 11.6. The molecule has 2 rings (SSSR count). The van der Waals surface area contributed by atoms with Gasteiger partial charge in [0.25, 0.3) is 5.91 Å². The summed E-state index contributed by atoms with van der Waals surface area (Å²) in [6.45, 7) is 1.56. The Bertz CT molecular complexity index is 775. The number of hydrogen-bond acceptors (Lipinski definition) is 5. The van der Waals surface area contributed by atoms with Crippen molar-refractivity contribution < 1.29 is 24.2 Å². The number of aliphatic carboxylic acids is 1. The van der Waals surface area contributed by atoms with Gasteiger partial charge in [-0.15, -0.1) is 0 Å². The lowest BCUT2D eigenvalue weighted by Crippen LogP contribution is -2.47. The second kappa shape index (κ2) is 8.68. The lowest BCUT2D eigenvalue weighted by atomic mass is 10.1. The summed E-state index contributed by atoms with van der Waals surface area (Å²) in [4.78, 5) is 33.7. The summed E-state index contributed by atoms with van der Waals surface area (Å²) in [5.41, 5.74) is 4.47. The molecule has 0 aromatic heterocycles. The van der Waals surface area contributed by atoms with E-state index < -0.39 is 23.9 Å². The van der Waals surface area contributed by atoms with Crippen LogP contribution in [0.2, 0.25) is 0 Å². The van der Waals surface area contributed by atoms with Crippen LogP contribution < -0.4 is 20.7 Å². The van der Waals surface area contributed by atoms with Crippen molar-refractivity contribution in [3.8, 4) is 5.75 Å². The van der Waals surface area contributed by atoms with Crippen LogP contribution in [0.25, 0.3) is 10.8 Å². The van der Waals surface area contributed by atoms with Gasteiger partial charge >= 0.3 is 0 Å². The number of fused-ring (bicyclic) bond motifs is 1. The third-order valence-electron chi connectivity index (χ3n) is 3.51. The van der Waals surface area contributed by atoms with Crippen LogP contribution in [0.15, 0.2) is 42.5 Å². The number of carboxylic acids is 1. The molecule has 0 saturated carbocycles. The van der Waals surface area contributed by atoms with Gasteiger partial charge in [0.2, 0.25) is 5.91 Å². The number of carbonyl (C=O) groups excluding carboxylic acids is 3. The summed E-state index contributed by atoms with van der Waals surface area (Å²) >= 11 is 0. The second-order valence-corrected chi connectivity index (χ2v) is 5.53. The molecule has 0 bridgehead atoms. The highest BCUT2D eigenvalue weighted by molar-refractivity contribution is 5.86. The number of ether oxygens (including phenoxy) is 1. The van der Waals surface area contributed by atoms with Gasteiger partial charge in [-0.2, -0.15) is 0 Å². The fourth-order valence-electron chi connectivity index (χ4n) is 2.19. The molecule has 25 heavy (non-hydrogen) atoms. The van der Waals surface area contributed by atoms with Crippen molar-refractivity contribution in [3.05, 3.63) is 42.5 Å². The quantitative estimate of drug-likeness (QED) is 0.719. The highest BCUT2D eigenvalue weighted by Gasteiger charge is 2.15. The number of carboxylic acid groups (broad SMARTS) is 1. The molecular weight excluding hydrogens is 324 g/mol. The van der Waals surface area contributed by atoms with Crippen molar-refractivity contribution in [2.75, 3.05) is 0 Å². The Morgan fingerprint density at radius 2 is 1.76 bits per heavy atom. The highest BCUT2D eigenvalue weighted by Crippen LogP contribution is 2.21. The summed E-state index contributed by atoms with van der Waals surface area (Å²) in [5.74, 6) is -1.66. The minimum Gasteiger partial charge on any atom is -0.550 e. The van der Waals surface area contributed by atoms with Gasteiger partial charge < -0.3 is 14.6 Å². The topological polar surface area (TPSA) is 108 Å². The Kier molecular flexibility index (Phi) is 6.33. The number of hydrogen-bond donors (Lipinski definition) is 2. The Labute approximate surface area is 144 Å². The number of hydrazine groups is 1. The lowest BCUT2D eigenvalue weighted by molar-refractivity contribution is -0.305. The third kappa shape index (κ3) is 5.80. The zero-order valence-electron chi connectivity index (χ0n) is 13.8. The SMILES string of the molecule is C[C@H](Oc1ccc2ccccc2c1)C(=O)NNC(=O)CCCC(=O)[O-]. The number of nitrogens with one attached hydrogen (secondary N) is 2. The van der Waals surface area contributed by atoms with Gasteiger partial charge in [0.15, 0.2) is 6.10 Å². The maximum Gasteiger partial charge on any atom is 0.279 e. The van der Waals surface area contributed by atoms with E-state index in [1.54, 1.807) is 13.0 Å². The fraction of sp³-hybridized carbons (Fsp3) is 0.278. The van der Waals surface area contributed by atoms with Gasteiger partial charge in [-0.05, 0) is 42.7 Å². The molecule has 132 valence electrons. The van der Waals surface area contributed by atoms with Gasteiger partial charge in [0.05, 0.1) is 0 Å². The number of amides is 2. The average molecular weight is 343 g/mol. The predicted molar refractivity (Wildman–Crippen MR) is 89.2 cm³/mol. The molecule has 2 aromatic rings. The number of benzene rings is 2. The molecule has 0 saturated heterocycles. The minimum atomic E-state index is -1.21. The summed E-state index contributed by atoms with van der Waals surface area (Å²) in [7, 11) is 0. The Morgan fingerprint density at radius 3 is 2.48 bits per heavy atom. The first kappa shape index (κ1) is 18.3. The second-order valence-electron chi connectivity index (χ2n) is 5.53. The summed E-state index contributed by atoms with van der Waals surface area (Å²) in [6.07, 6.45) is -0.894. The first-order valence-electron chi connectivity index (χ1n) is 7.89. The average Bonchev–Trinajstić information content (AvgIpc) is 2.59. The van der Waals surface area contributed by atoms with Crippen LogP contribution in [0.1, 0.15) is 26.2 Å².